The van der Waals surface area contributed by atoms with Crippen molar-refractivity contribution in [3.8, 4) is 0 Å². The summed E-state index contributed by atoms with van der Waals surface area (Å²) in [7, 11) is 0. The third-order valence-electron chi connectivity index (χ3n) is 3.93. The van der Waals surface area contributed by atoms with Crippen molar-refractivity contribution in [2.45, 2.75) is 51.1 Å². The van der Waals surface area contributed by atoms with Crippen molar-refractivity contribution in [2.75, 3.05) is 18.0 Å². The Morgan fingerprint density at radius 3 is 3.00 bits per heavy atom. The number of hydrogen-bond donors (Lipinski definition) is 2. The Bertz CT molecular complexity index is 468. The second-order valence-corrected chi connectivity index (χ2v) is 6.01. The number of nitrogens with two attached hydrogens (primary N) is 1. The number of carbonyl (C=O) groups excluding carboxylic acids is 1. The molecular formula is C15H26ClN5O. The lowest BCUT2D eigenvalue weighted by atomic mass is 9.95. The fourth-order valence-corrected chi connectivity index (χ4v) is 2.75. The molecule has 0 saturated carbocycles. The molecule has 0 aliphatic carbocycles. The molecule has 7 heteroatoms. The molecule has 1 aliphatic rings. The summed E-state index contributed by atoms with van der Waals surface area (Å²) in [4.78, 5) is 14.4. The minimum absolute atomic E-state index is 0. The predicted octanol–water partition coefficient (Wildman–Crippen LogP) is 1.50. The zero-order valence-electron chi connectivity index (χ0n) is 13.3. The summed E-state index contributed by atoms with van der Waals surface area (Å²) in [6.45, 7) is 5.54. The second kappa shape index (κ2) is 8.29. The van der Waals surface area contributed by atoms with Gasteiger partial charge in [0, 0.05) is 25.3 Å². The molecule has 2 heterocycles. The summed E-state index contributed by atoms with van der Waals surface area (Å²) in [5, 5.41) is 11.1. The molecule has 1 aromatic rings. The number of nitrogens with zero attached hydrogens (tertiary/aromatic N) is 3. The van der Waals surface area contributed by atoms with E-state index in [-0.39, 0.29) is 24.4 Å². The van der Waals surface area contributed by atoms with Crippen LogP contribution >= 0.6 is 12.4 Å². The van der Waals surface area contributed by atoms with Crippen LogP contribution < -0.4 is 16.0 Å². The van der Waals surface area contributed by atoms with E-state index in [4.69, 9.17) is 5.73 Å². The van der Waals surface area contributed by atoms with Gasteiger partial charge in [0.25, 0.3) is 0 Å². The number of carbonyl (C=O) groups is 1. The van der Waals surface area contributed by atoms with Gasteiger partial charge in [-0.05, 0) is 38.3 Å². The first-order valence-corrected chi connectivity index (χ1v) is 7.65. The van der Waals surface area contributed by atoms with Crippen molar-refractivity contribution in [1.82, 2.24) is 15.5 Å². The lowest BCUT2D eigenvalue weighted by Gasteiger charge is -2.35. The fraction of sp³-hybridized carbons (Fsp3) is 0.667. The van der Waals surface area contributed by atoms with E-state index in [9.17, 15) is 4.79 Å². The van der Waals surface area contributed by atoms with E-state index in [1.165, 1.54) is 0 Å². The number of piperidine rings is 1. The molecular weight excluding hydrogens is 302 g/mol. The molecule has 0 bridgehead atoms. The molecule has 0 spiro atoms. The molecule has 0 radical (unpaired) electrons. The van der Waals surface area contributed by atoms with Gasteiger partial charge in [-0.25, -0.2) is 0 Å². The molecule has 1 amide bonds. The van der Waals surface area contributed by atoms with E-state index >= 15 is 0 Å². The number of hydrogen-bond acceptors (Lipinski definition) is 5. The Morgan fingerprint density at radius 1 is 1.59 bits per heavy atom. The number of rotatable bonds is 5. The maximum atomic E-state index is 12.3. The van der Waals surface area contributed by atoms with Gasteiger partial charge >= 0.3 is 0 Å². The summed E-state index contributed by atoms with van der Waals surface area (Å²) < 4.78 is 0. The van der Waals surface area contributed by atoms with Crippen molar-refractivity contribution >= 4 is 24.1 Å². The van der Waals surface area contributed by atoms with Crippen molar-refractivity contribution < 1.29 is 4.79 Å². The van der Waals surface area contributed by atoms with Crippen LogP contribution in [0.5, 0.6) is 0 Å². The van der Waals surface area contributed by atoms with Gasteiger partial charge in [-0.1, -0.05) is 13.3 Å². The van der Waals surface area contributed by atoms with Crippen LogP contribution in [0.25, 0.3) is 0 Å². The van der Waals surface area contributed by atoms with Gasteiger partial charge in [0.05, 0.1) is 5.54 Å². The summed E-state index contributed by atoms with van der Waals surface area (Å²) >= 11 is 0. The average Bonchev–Trinajstić information content (AvgIpc) is 2.48. The minimum Gasteiger partial charge on any atom is -0.353 e. The normalized spacial score (nSPS) is 20.7. The lowest BCUT2D eigenvalue weighted by molar-refractivity contribution is -0.126. The highest BCUT2D eigenvalue weighted by molar-refractivity contribution is 5.86. The Morgan fingerprint density at radius 2 is 2.36 bits per heavy atom. The monoisotopic (exact) mass is 327 g/mol. The molecule has 1 fully saturated rings. The maximum absolute atomic E-state index is 12.3. The van der Waals surface area contributed by atoms with Gasteiger partial charge in [0.15, 0.2) is 5.82 Å². The highest BCUT2D eigenvalue weighted by Crippen LogP contribution is 2.17. The Kier molecular flexibility index (Phi) is 7.03. The van der Waals surface area contributed by atoms with E-state index in [0.717, 1.165) is 38.2 Å². The lowest BCUT2D eigenvalue weighted by Crippen LogP contribution is -2.57. The third kappa shape index (κ3) is 4.81. The van der Waals surface area contributed by atoms with Gasteiger partial charge in [0.2, 0.25) is 5.91 Å². The highest BCUT2D eigenvalue weighted by atomic mass is 35.5. The Balaban J connectivity index is 0.00000242. The molecule has 3 N–H and O–H groups in total. The number of nitrogens with one attached hydrogen (secondary N) is 1. The number of aromatic nitrogens is 2. The van der Waals surface area contributed by atoms with Crippen LogP contribution in [0.3, 0.4) is 0 Å². The van der Waals surface area contributed by atoms with Gasteiger partial charge in [0.1, 0.15) is 0 Å². The molecule has 124 valence electrons. The zero-order valence-corrected chi connectivity index (χ0v) is 14.1. The highest BCUT2D eigenvalue weighted by Gasteiger charge is 2.30. The number of halogens is 1. The largest absolute Gasteiger partial charge is 0.353 e. The topological polar surface area (TPSA) is 84.1 Å². The van der Waals surface area contributed by atoms with Gasteiger partial charge in [-0.15, -0.1) is 17.5 Å². The molecule has 1 aromatic heterocycles. The van der Waals surface area contributed by atoms with E-state index in [1.54, 1.807) is 13.1 Å². The summed E-state index contributed by atoms with van der Waals surface area (Å²) in [6, 6.07) is 3.94. The molecule has 6 nitrogen and oxygen atoms in total. The van der Waals surface area contributed by atoms with Crippen LogP contribution in [0, 0.1) is 0 Å². The van der Waals surface area contributed by atoms with Gasteiger partial charge in [-0.3, -0.25) is 4.79 Å². The minimum atomic E-state index is -0.788. The molecule has 2 rings (SSSR count). The zero-order chi connectivity index (χ0) is 15.3. The molecule has 2 unspecified atom stereocenters. The van der Waals surface area contributed by atoms with E-state index in [1.807, 2.05) is 19.1 Å². The smallest absolute Gasteiger partial charge is 0.240 e. The quantitative estimate of drug-likeness (QED) is 0.856. The SMILES string of the molecule is CCCC(C)(N)C(=O)NC1CCCN(c2cccnn2)C1.Cl. The van der Waals surface area contributed by atoms with Gasteiger partial charge in [-0.2, -0.15) is 5.10 Å². The van der Waals surface area contributed by atoms with Crippen molar-refractivity contribution in [2.24, 2.45) is 5.73 Å². The fourth-order valence-electron chi connectivity index (χ4n) is 2.75. The van der Waals surface area contributed by atoms with Crippen LogP contribution in [-0.2, 0) is 4.79 Å². The van der Waals surface area contributed by atoms with E-state index in [0.29, 0.717) is 6.42 Å². The van der Waals surface area contributed by atoms with Crippen LogP contribution in [0.1, 0.15) is 39.5 Å². The van der Waals surface area contributed by atoms with E-state index in [2.05, 4.69) is 20.4 Å². The molecule has 1 saturated heterocycles. The van der Waals surface area contributed by atoms with Crippen LogP contribution in [-0.4, -0.2) is 40.8 Å². The van der Waals surface area contributed by atoms with Crippen LogP contribution in [0.4, 0.5) is 5.82 Å². The second-order valence-electron chi connectivity index (χ2n) is 6.01. The summed E-state index contributed by atoms with van der Waals surface area (Å²) in [5.41, 5.74) is 5.30. The standard InChI is InChI=1S/C15H25N5O.ClH/c1-3-8-15(2,16)14(21)18-12-6-5-10-20(11-12)13-7-4-9-17-19-13;/h4,7,9,12H,3,5-6,8,10-11,16H2,1-2H3,(H,18,21);1H. The number of amides is 1. The average molecular weight is 328 g/mol. The van der Waals surface area contributed by atoms with E-state index < -0.39 is 5.54 Å². The molecule has 22 heavy (non-hydrogen) atoms. The van der Waals surface area contributed by atoms with Crippen molar-refractivity contribution in [1.29, 1.82) is 0 Å². The van der Waals surface area contributed by atoms with Crippen LogP contribution in [0.2, 0.25) is 0 Å². The molecule has 0 aromatic carbocycles. The first kappa shape index (κ1) is 18.6. The Labute approximate surface area is 138 Å². The van der Waals surface area contributed by atoms with Gasteiger partial charge < -0.3 is 16.0 Å². The molecule has 2 atom stereocenters. The van der Waals surface area contributed by atoms with Crippen molar-refractivity contribution in [3.05, 3.63) is 18.3 Å². The summed E-state index contributed by atoms with van der Waals surface area (Å²) in [5.74, 6) is 0.802. The third-order valence-corrected chi connectivity index (χ3v) is 3.93. The van der Waals surface area contributed by atoms with Crippen LogP contribution in [0.15, 0.2) is 18.3 Å². The maximum Gasteiger partial charge on any atom is 0.240 e. The Hall–Kier alpha value is -1.40. The molecule has 1 aliphatic heterocycles. The first-order chi connectivity index (χ1) is 10.0. The first-order valence-electron chi connectivity index (χ1n) is 7.65. The number of anilines is 1. The predicted molar refractivity (Wildman–Crippen MR) is 90.2 cm³/mol. The summed E-state index contributed by atoms with van der Waals surface area (Å²) in [6.07, 6.45) is 5.26. The van der Waals surface area contributed by atoms with Crippen molar-refractivity contribution in [3.63, 3.8) is 0 Å².